The van der Waals surface area contributed by atoms with Crippen LogP contribution in [0.1, 0.15) is 28.5 Å². The number of hydrogen-bond acceptors (Lipinski definition) is 6. The number of alkyl halides is 3. The van der Waals surface area contributed by atoms with E-state index in [1.54, 1.807) is 37.3 Å². The van der Waals surface area contributed by atoms with Crippen LogP contribution in [0, 0.1) is 11.3 Å². The fourth-order valence-electron chi connectivity index (χ4n) is 3.05. The van der Waals surface area contributed by atoms with E-state index in [9.17, 15) is 28.3 Å². The highest BCUT2D eigenvalue weighted by atomic mass is 35.5. The summed E-state index contributed by atoms with van der Waals surface area (Å²) in [7, 11) is 2.91. The number of carbonyl (C=O) groups is 1. The third-order valence-corrected chi connectivity index (χ3v) is 4.98. The number of halogens is 4. The van der Waals surface area contributed by atoms with Crippen molar-refractivity contribution in [1.82, 2.24) is 4.98 Å². The van der Waals surface area contributed by atoms with Gasteiger partial charge in [0.25, 0.3) is 5.91 Å². The normalized spacial score (nSPS) is 10.6. The number of ether oxygens (including phenoxy) is 1. The van der Waals surface area contributed by atoms with Gasteiger partial charge in [-0.3, -0.25) is 9.78 Å². The van der Waals surface area contributed by atoms with Gasteiger partial charge in [0, 0.05) is 31.0 Å². The predicted molar refractivity (Wildman–Crippen MR) is 125 cm³/mol. The summed E-state index contributed by atoms with van der Waals surface area (Å²) in [6, 6.07) is 11.3. The van der Waals surface area contributed by atoms with Crippen molar-refractivity contribution in [3.63, 3.8) is 0 Å². The summed E-state index contributed by atoms with van der Waals surface area (Å²) >= 11 is 6.18. The molecule has 1 aromatic heterocycles. The number of benzene rings is 2. The lowest BCUT2D eigenvalue weighted by molar-refractivity contribution is -0.141. The summed E-state index contributed by atoms with van der Waals surface area (Å²) in [5.74, 6) is -0.664. The molecule has 0 aliphatic heterocycles. The maximum absolute atomic E-state index is 13.1. The Morgan fingerprint density at radius 3 is 2.43 bits per heavy atom. The van der Waals surface area contributed by atoms with Gasteiger partial charge in [0.05, 0.1) is 35.0 Å². The number of aromatic nitrogens is 1. The van der Waals surface area contributed by atoms with Crippen LogP contribution in [0.5, 0.6) is 11.5 Å². The number of hydrogen-bond donors (Lipinski definition) is 2. The molecule has 2 N–H and O–H groups in total. The van der Waals surface area contributed by atoms with Gasteiger partial charge in [-0.2, -0.15) is 18.4 Å². The number of nitriles is 1. The van der Waals surface area contributed by atoms with Crippen LogP contribution < -0.4 is 9.64 Å². The second-order valence-corrected chi connectivity index (χ2v) is 7.33. The average Bonchev–Trinajstić information content (AvgIpc) is 2.83. The van der Waals surface area contributed by atoms with Gasteiger partial charge >= 0.3 is 6.18 Å². The molecule has 0 unspecified atom stereocenters. The minimum absolute atomic E-state index is 0.0144. The molecule has 11 heteroatoms. The van der Waals surface area contributed by atoms with Crippen LogP contribution in [0.25, 0.3) is 11.1 Å². The number of amides is 1. The lowest BCUT2D eigenvalue weighted by atomic mass is 9.98. The van der Waals surface area contributed by atoms with Crippen molar-refractivity contribution in [3.05, 3.63) is 70.5 Å². The Hall–Kier alpha value is -3.81. The van der Waals surface area contributed by atoms with E-state index < -0.39 is 23.5 Å². The van der Waals surface area contributed by atoms with Crippen LogP contribution in [-0.2, 0) is 6.18 Å². The van der Waals surface area contributed by atoms with Crippen molar-refractivity contribution in [3.8, 4) is 28.7 Å². The number of aromatic hydroxyl groups is 1. The zero-order valence-corrected chi connectivity index (χ0v) is 19.6. The van der Waals surface area contributed by atoms with E-state index in [0.717, 1.165) is 12.3 Å². The molecular weight excluding hydrogens is 487 g/mol. The minimum Gasteiger partial charge on any atom is -0.507 e. The number of rotatable bonds is 4. The highest BCUT2D eigenvalue weighted by molar-refractivity contribution is 6.34. The summed E-state index contributed by atoms with van der Waals surface area (Å²) in [5, 5.41) is 27.2. The van der Waals surface area contributed by atoms with Gasteiger partial charge in [-0.25, -0.2) is 0 Å². The molecular formula is C24H21ClF3N3O4. The molecule has 0 bridgehead atoms. The summed E-state index contributed by atoms with van der Waals surface area (Å²) < 4.78 is 44.1. The van der Waals surface area contributed by atoms with Crippen molar-refractivity contribution in [2.24, 2.45) is 0 Å². The molecule has 0 atom stereocenters. The van der Waals surface area contributed by atoms with Crippen LogP contribution in [-0.4, -0.2) is 41.9 Å². The molecule has 0 radical (unpaired) electrons. The van der Waals surface area contributed by atoms with E-state index in [1.807, 2.05) is 0 Å². The van der Waals surface area contributed by atoms with E-state index in [-0.39, 0.29) is 33.9 Å². The van der Waals surface area contributed by atoms with Gasteiger partial charge in [-0.1, -0.05) is 23.7 Å². The highest BCUT2D eigenvalue weighted by Gasteiger charge is 2.33. The molecule has 0 aliphatic rings. The molecule has 3 aromatic rings. The van der Waals surface area contributed by atoms with Crippen molar-refractivity contribution in [2.45, 2.75) is 13.1 Å². The Balaban J connectivity index is 0.00000137. The molecule has 0 fully saturated rings. The third-order valence-electron chi connectivity index (χ3n) is 4.67. The maximum atomic E-state index is 13.1. The number of para-hydroxylation sites is 2. The van der Waals surface area contributed by atoms with Gasteiger partial charge in [-0.15, -0.1) is 0 Å². The van der Waals surface area contributed by atoms with Crippen LogP contribution in [0.4, 0.5) is 18.9 Å². The fourth-order valence-corrected chi connectivity index (χ4v) is 3.31. The number of pyridine rings is 1. The predicted octanol–water partition coefficient (Wildman–Crippen LogP) is 5.28. The topological polar surface area (TPSA) is 107 Å². The highest BCUT2D eigenvalue weighted by Crippen LogP contribution is 2.38. The van der Waals surface area contributed by atoms with Crippen LogP contribution in [0.2, 0.25) is 5.02 Å². The molecule has 1 heterocycles. The fraction of sp³-hybridized carbons (Fsp3) is 0.208. The third kappa shape index (κ3) is 6.20. The number of aliphatic hydroxyl groups is 1. The Bertz CT molecular complexity index is 1260. The van der Waals surface area contributed by atoms with Crippen molar-refractivity contribution < 1.29 is 32.9 Å². The molecule has 0 saturated heterocycles. The molecule has 184 valence electrons. The standard InChI is InChI=1S/C22H15ClF3N3O3.C2H6O/c1-29(17-5-3-4-6-19(17)32-2)21(31)14-8-13(16(23)9-18(14)30)15-11-28-20(22(24,25)26)7-12(15)10-27;1-2-3/h3-9,11,30H,1-2H3;3H,2H2,1H3. The molecule has 1 amide bonds. The van der Waals surface area contributed by atoms with Gasteiger partial charge in [0.15, 0.2) is 0 Å². The van der Waals surface area contributed by atoms with Gasteiger partial charge < -0.3 is 19.8 Å². The Morgan fingerprint density at radius 1 is 1.23 bits per heavy atom. The second kappa shape index (κ2) is 11.6. The number of aliphatic hydroxyl groups excluding tert-OH is 1. The van der Waals surface area contributed by atoms with Crippen molar-refractivity contribution in [1.29, 1.82) is 5.26 Å². The summed E-state index contributed by atoms with van der Waals surface area (Å²) in [5.41, 5.74) is -1.28. The monoisotopic (exact) mass is 507 g/mol. The van der Waals surface area contributed by atoms with Gasteiger partial charge in [0.1, 0.15) is 17.2 Å². The van der Waals surface area contributed by atoms with E-state index in [1.165, 1.54) is 25.1 Å². The number of phenolic OH excluding ortho intramolecular Hbond substituents is 1. The summed E-state index contributed by atoms with van der Waals surface area (Å²) in [4.78, 5) is 17.7. The number of phenols is 1. The summed E-state index contributed by atoms with van der Waals surface area (Å²) in [6.07, 6.45) is -3.88. The van der Waals surface area contributed by atoms with Crippen molar-refractivity contribution in [2.75, 3.05) is 25.7 Å². The largest absolute Gasteiger partial charge is 0.507 e. The SMILES string of the molecule is CCO.COc1ccccc1N(C)C(=O)c1cc(-c2cnc(C(F)(F)F)cc2C#N)c(Cl)cc1O. The van der Waals surface area contributed by atoms with E-state index >= 15 is 0 Å². The number of nitrogens with zero attached hydrogens (tertiary/aromatic N) is 3. The van der Waals surface area contributed by atoms with E-state index in [2.05, 4.69) is 4.98 Å². The van der Waals surface area contributed by atoms with Crippen molar-refractivity contribution >= 4 is 23.2 Å². The molecule has 0 spiro atoms. The molecule has 0 saturated carbocycles. The van der Waals surface area contributed by atoms with E-state index in [0.29, 0.717) is 17.5 Å². The average molecular weight is 508 g/mol. The molecule has 3 rings (SSSR count). The Labute approximate surface area is 204 Å². The molecule has 0 aliphatic carbocycles. The Morgan fingerprint density at radius 2 is 1.86 bits per heavy atom. The first-order valence-corrected chi connectivity index (χ1v) is 10.4. The first-order valence-electron chi connectivity index (χ1n) is 10.0. The zero-order chi connectivity index (χ0) is 26.3. The first-order chi connectivity index (χ1) is 16.5. The van der Waals surface area contributed by atoms with Crippen LogP contribution >= 0.6 is 11.6 Å². The Kier molecular flexibility index (Phi) is 9.05. The molecule has 35 heavy (non-hydrogen) atoms. The lowest BCUT2D eigenvalue weighted by Gasteiger charge is -2.21. The minimum atomic E-state index is -4.73. The van der Waals surface area contributed by atoms with E-state index in [4.69, 9.17) is 21.4 Å². The number of anilines is 1. The first kappa shape index (κ1) is 27.4. The van der Waals surface area contributed by atoms with Gasteiger partial charge in [0.2, 0.25) is 0 Å². The van der Waals surface area contributed by atoms with Crippen LogP contribution in [0.3, 0.4) is 0 Å². The zero-order valence-electron chi connectivity index (χ0n) is 18.9. The quantitative estimate of drug-likeness (QED) is 0.497. The number of carbonyl (C=O) groups excluding carboxylic acids is 1. The summed E-state index contributed by atoms with van der Waals surface area (Å²) in [6.45, 7) is 1.93. The molecule has 7 nitrogen and oxygen atoms in total. The van der Waals surface area contributed by atoms with Gasteiger partial charge in [-0.05, 0) is 37.3 Å². The lowest BCUT2D eigenvalue weighted by Crippen LogP contribution is -2.26. The number of methoxy groups -OCH3 is 1. The second-order valence-electron chi connectivity index (χ2n) is 6.93. The molecule has 2 aromatic carbocycles. The van der Waals surface area contributed by atoms with Crippen LogP contribution in [0.15, 0.2) is 48.7 Å². The maximum Gasteiger partial charge on any atom is 0.433 e. The smallest absolute Gasteiger partial charge is 0.433 e.